The molecule has 0 saturated heterocycles. The summed E-state index contributed by atoms with van der Waals surface area (Å²) in [6.07, 6.45) is 0.912. The standard InChI is InChI=1S/C18H21NO2/c1-13(12-20)19-16-11-18(14-7-3-2-4-8-14)21-17-10-6-5-9-15(16)17/h2-10,13,16,18-20H,11-12H2,1H3/t13-,16?,18?/m1/s1. The van der Waals surface area contributed by atoms with Crippen LogP contribution in [-0.2, 0) is 0 Å². The Balaban J connectivity index is 1.89. The van der Waals surface area contributed by atoms with E-state index in [0.717, 1.165) is 12.2 Å². The van der Waals surface area contributed by atoms with Crippen molar-refractivity contribution in [2.75, 3.05) is 6.61 Å². The molecule has 0 aliphatic carbocycles. The number of hydrogen-bond donors (Lipinski definition) is 2. The Labute approximate surface area is 125 Å². The van der Waals surface area contributed by atoms with E-state index in [4.69, 9.17) is 4.74 Å². The SMILES string of the molecule is C[C@H](CO)NC1CC(c2ccccc2)Oc2ccccc21. The molecule has 3 atom stereocenters. The monoisotopic (exact) mass is 283 g/mol. The summed E-state index contributed by atoms with van der Waals surface area (Å²) in [5, 5.41) is 12.8. The summed E-state index contributed by atoms with van der Waals surface area (Å²) in [5.74, 6) is 0.931. The predicted octanol–water partition coefficient (Wildman–Crippen LogP) is 3.22. The van der Waals surface area contributed by atoms with Gasteiger partial charge in [0, 0.05) is 24.1 Å². The molecule has 2 N–H and O–H groups in total. The molecule has 3 nitrogen and oxygen atoms in total. The molecule has 0 saturated carbocycles. The summed E-state index contributed by atoms with van der Waals surface area (Å²) in [6.45, 7) is 2.13. The lowest BCUT2D eigenvalue weighted by atomic mass is 9.92. The number of para-hydroxylation sites is 1. The fourth-order valence-corrected chi connectivity index (χ4v) is 2.84. The van der Waals surface area contributed by atoms with Crippen LogP contribution in [0.4, 0.5) is 0 Å². The minimum Gasteiger partial charge on any atom is -0.485 e. The quantitative estimate of drug-likeness (QED) is 0.905. The van der Waals surface area contributed by atoms with Gasteiger partial charge in [0.25, 0.3) is 0 Å². The van der Waals surface area contributed by atoms with Crippen molar-refractivity contribution < 1.29 is 9.84 Å². The second-order valence-corrected chi connectivity index (χ2v) is 5.59. The van der Waals surface area contributed by atoms with E-state index in [1.165, 1.54) is 11.1 Å². The lowest BCUT2D eigenvalue weighted by molar-refractivity contribution is 0.141. The predicted molar refractivity (Wildman–Crippen MR) is 83.3 cm³/mol. The molecule has 3 rings (SSSR count). The number of hydrogen-bond acceptors (Lipinski definition) is 3. The Kier molecular flexibility index (Phi) is 4.23. The second-order valence-electron chi connectivity index (χ2n) is 5.59. The first kappa shape index (κ1) is 14.1. The van der Waals surface area contributed by atoms with Crippen LogP contribution in [0, 0.1) is 0 Å². The topological polar surface area (TPSA) is 41.5 Å². The zero-order chi connectivity index (χ0) is 14.7. The molecule has 0 amide bonds. The first-order chi connectivity index (χ1) is 10.3. The number of ether oxygens (including phenoxy) is 1. The van der Waals surface area contributed by atoms with Crippen molar-refractivity contribution in [3.63, 3.8) is 0 Å². The first-order valence-electron chi connectivity index (χ1n) is 7.45. The van der Waals surface area contributed by atoms with E-state index in [9.17, 15) is 5.11 Å². The van der Waals surface area contributed by atoms with Gasteiger partial charge in [0.15, 0.2) is 0 Å². The van der Waals surface area contributed by atoms with Crippen LogP contribution in [0.2, 0.25) is 0 Å². The molecule has 1 aliphatic rings. The van der Waals surface area contributed by atoms with Crippen LogP contribution in [0.3, 0.4) is 0 Å². The van der Waals surface area contributed by atoms with Crippen LogP contribution in [0.25, 0.3) is 0 Å². The van der Waals surface area contributed by atoms with Crippen molar-refractivity contribution >= 4 is 0 Å². The molecule has 2 aromatic carbocycles. The highest BCUT2D eigenvalue weighted by Gasteiger charge is 2.29. The number of fused-ring (bicyclic) bond motifs is 1. The van der Waals surface area contributed by atoms with Gasteiger partial charge in [-0.25, -0.2) is 0 Å². The zero-order valence-corrected chi connectivity index (χ0v) is 12.2. The average molecular weight is 283 g/mol. The van der Waals surface area contributed by atoms with Gasteiger partial charge in [0.2, 0.25) is 0 Å². The lowest BCUT2D eigenvalue weighted by Crippen LogP contribution is -2.36. The maximum Gasteiger partial charge on any atom is 0.126 e. The third-order valence-corrected chi connectivity index (χ3v) is 3.94. The van der Waals surface area contributed by atoms with Crippen LogP contribution in [0.1, 0.15) is 36.6 Å². The number of benzene rings is 2. The van der Waals surface area contributed by atoms with Crippen LogP contribution in [0.15, 0.2) is 54.6 Å². The molecule has 2 aromatic rings. The van der Waals surface area contributed by atoms with Crippen molar-refractivity contribution in [2.24, 2.45) is 0 Å². The molecule has 0 radical (unpaired) electrons. The van der Waals surface area contributed by atoms with Crippen LogP contribution >= 0.6 is 0 Å². The Bertz CT molecular complexity index is 585. The van der Waals surface area contributed by atoms with Crippen LogP contribution < -0.4 is 10.1 Å². The van der Waals surface area contributed by atoms with Crippen molar-refractivity contribution in [1.82, 2.24) is 5.32 Å². The van der Waals surface area contributed by atoms with Crippen molar-refractivity contribution in [3.05, 3.63) is 65.7 Å². The summed E-state index contributed by atoms with van der Waals surface area (Å²) in [7, 11) is 0. The molecular formula is C18H21NO2. The highest BCUT2D eigenvalue weighted by Crippen LogP contribution is 2.40. The third-order valence-electron chi connectivity index (χ3n) is 3.94. The number of nitrogens with one attached hydrogen (secondary N) is 1. The molecule has 1 heterocycles. The van der Waals surface area contributed by atoms with E-state index < -0.39 is 0 Å². The average Bonchev–Trinajstić information content (AvgIpc) is 2.55. The van der Waals surface area contributed by atoms with Gasteiger partial charge in [0.1, 0.15) is 11.9 Å². The fraction of sp³-hybridized carbons (Fsp3) is 0.333. The highest BCUT2D eigenvalue weighted by atomic mass is 16.5. The smallest absolute Gasteiger partial charge is 0.126 e. The molecule has 3 heteroatoms. The van der Waals surface area contributed by atoms with Gasteiger partial charge in [-0.2, -0.15) is 0 Å². The van der Waals surface area contributed by atoms with Crippen LogP contribution in [-0.4, -0.2) is 17.8 Å². The van der Waals surface area contributed by atoms with E-state index in [0.29, 0.717) is 0 Å². The van der Waals surface area contributed by atoms with E-state index >= 15 is 0 Å². The summed E-state index contributed by atoms with van der Waals surface area (Å²) >= 11 is 0. The summed E-state index contributed by atoms with van der Waals surface area (Å²) in [5.41, 5.74) is 2.36. The number of rotatable bonds is 4. The highest BCUT2D eigenvalue weighted by molar-refractivity contribution is 5.39. The lowest BCUT2D eigenvalue weighted by Gasteiger charge is -2.34. The molecule has 0 fully saturated rings. The van der Waals surface area contributed by atoms with Crippen molar-refractivity contribution in [3.8, 4) is 5.75 Å². The molecule has 2 unspecified atom stereocenters. The Morgan fingerprint density at radius 3 is 2.62 bits per heavy atom. The molecule has 110 valence electrons. The molecule has 0 aromatic heterocycles. The summed E-state index contributed by atoms with van der Waals surface area (Å²) in [4.78, 5) is 0. The van der Waals surface area contributed by atoms with Crippen molar-refractivity contribution in [1.29, 1.82) is 0 Å². The number of aliphatic hydroxyl groups excluding tert-OH is 1. The van der Waals surface area contributed by atoms with Gasteiger partial charge in [-0.3, -0.25) is 0 Å². The normalized spacial score (nSPS) is 22.2. The summed E-state index contributed by atoms with van der Waals surface area (Å²) in [6, 6.07) is 18.7. The zero-order valence-electron chi connectivity index (χ0n) is 12.2. The second kappa shape index (κ2) is 6.29. The van der Waals surface area contributed by atoms with E-state index in [1.54, 1.807) is 0 Å². The minimum absolute atomic E-state index is 0.0458. The fourth-order valence-electron chi connectivity index (χ4n) is 2.84. The molecule has 1 aliphatic heterocycles. The Hall–Kier alpha value is -1.84. The Morgan fingerprint density at radius 2 is 1.86 bits per heavy atom. The van der Waals surface area contributed by atoms with Gasteiger partial charge in [0.05, 0.1) is 6.61 Å². The molecule has 0 bridgehead atoms. The van der Waals surface area contributed by atoms with Gasteiger partial charge in [-0.15, -0.1) is 0 Å². The minimum atomic E-state index is 0.0458. The largest absolute Gasteiger partial charge is 0.485 e. The van der Waals surface area contributed by atoms with Crippen molar-refractivity contribution in [2.45, 2.75) is 31.5 Å². The van der Waals surface area contributed by atoms with Gasteiger partial charge < -0.3 is 15.2 Å². The van der Waals surface area contributed by atoms with E-state index in [2.05, 4.69) is 23.5 Å². The molecule has 0 spiro atoms. The Morgan fingerprint density at radius 1 is 1.14 bits per heavy atom. The van der Waals surface area contributed by atoms with E-state index in [1.807, 2.05) is 43.3 Å². The third kappa shape index (κ3) is 3.09. The molecule has 21 heavy (non-hydrogen) atoms. The maximum absolute atomic E-state index is 9.30. The van der Waals surface area contributed by atoms with E-state index in [-0.39, 0.29) is 24.8 Å². The van der Waals surface area contributed by atoms with Gasteiger partial charge in [-0.1, -0.05) is 48.5 Å². The summed E-state index contributed by atoms with van der Waals surface area (Å²) < 4.78 is 6.16. The molecular weight excluding hydrogens is 262 g/mol. The maximum atomic E-state index is 9.30. The van der Waals surface area contributed by atoms with Crippen LogP contribution in [0.5, 0.6) is 5.75 Å². The van der Waals surface area contributed by atoms with Gasteiger partial charge >= 0.3 is 0 Å². The first-order valence-corrected chi connectivity index (χ1v) is 7.45. The van der Waals surface area contributed by atoms with Gasteiger partial charge in [-0.05, 0) is 18.6 Å². The number of aliphatic hydroxyl groups is 1.